The van der Waals surface area contributed by atoms with Gasteiger partial charge in [0, 0.05) is 88.1 Å². The van der Waals surface area contributed by atoms with Crippen LogP contribution < -0.4 is 14.5 Å². The standard InChI is InChI=1S/C75H78N4OSi.Pt/c1-71(2,3)52-32-37-76-69(44-52)79-64-25-13-12-22-58(64)59-29-28-55(46-65(59)79)80-54-21-16-20-53(45-54)77-48-78(66-43-51-19-18-40-81(38-14-15-39-81)68(51)47-67(66)77)70-56(49-26-30-60-62(41-49)74(8,9)35-33-72(60,4)5)23-17-24-57(70)50-27-31-61-63(42-50)75(10,11)36-34-73(61,6)7;/h12-13,16-17,20-32,37,41-44,47H,14-15,18-19,33-36,38-40H2,1-11H3;/q-2;/i4D3,5D3,6D3,7D3,8D3,9D3,10D3,11D3,26D,27D,30D,31D,33D2,34D2,35D2,36D2,41D,42D;. The first kappa shape index (κ1) is 26.7. The Labute approximate surface area is 555 Å². The van der Waals surface area contributed by atoms with Crippen molar-refractivity contribution in [1.82, 2.24) is 14.1 Å². The summed E-state index contributed by atoms with van der Waals surface area (Å²) in [6, 6.07) is 25.2. The summed E-state index contributed by atoms with van der Waals surface area (Å²) in [6.07, 6.45) is -11.6. The van der Waals surface area contributed by atoms with Gasteiger partial charge in [0.05, 0.1) is 33.0 Å². The van der Waals surface area contributed by atoms with Crippen LogP contribution in [0.25, 0.3) is 72.3 Å². The minimum atomic E-state index is -4.85. The predicted octanol–water partition coefficient (Wildman–Crippen LogP) is 18.3. The van der Waals surface area contributed by atoms with E-state index in [0.29, 0.717) is 24.2 Å². The SMILES string of the molecule is [2H]c1c([2H])c2c(c([2H])c1-c1cccc(-c3c([2H])c([2H])c4c(c3[2H])C(C([2H])([2H])[2H])(C([2H])([2H])[2H])C([2H])([2H])C([2H])([2H])C4(C([2H])([2H])[2H])C([2H])([2H])[2H])c1-[n+]1[c-]n(-c3[c-]c(Oc4[c-]c5c(cc4)c4ccccc4n5-c4cc(C(C)(C)C)ccn4)ccc3)c3cc4c(cc31)CCC[Si]41CCCC1)C(C([2H])([2H])[2H])(C([2H])([2H])[2H])C([2H])([2H])C([2H])([2H])C2(C([2H])([2H])[2H])C([2H])([2H])[2H].[Pt]. The monoisotopic (exact) mass is 1310 g/mol. The number of imidazole rings is 1. The first-order chi connectivity index (χ1) is 54.3. The molecule has 1 spiro atoms. The van der Waals surface area contributed by atoms with Gasteiger partial charge in [0.25, 0.3) is 6.33 Å². The van der Waals surface area contributed by atoms with E-state index in [-0.39, 0.29) is 54.7 Å². The van der Waals surface area contributed by atoms with Crippen molar-refractivity contribution in [2.45, 2.75) is 172 Å². The molecule has 5 nitrogen and oxygen atoms in total. The van der Waals surface area contributed by atoms with Gasteiger partial charge in [0.2, 0.25) is 0 Å². The number of rotatable bonds is 7. The van der Waals surface area contributed by atoms with Crippen LogP contribution in [-0.2, 0) is 54.6 Å². The molecular weight excluding hydrogens is 1200 g/mol. The maximum absolute atomic E-state index is 10.6. The average molecular weight is 1310 g/mol. The molecule has 10 aromatic rings. The number of hydrogen-bond donors (Lipinski definition) is 0. The van der Waals surface area contributed by atoms with Crippen molar-refractivity contribution < 1.29 is 82.5 Å². The van der Waals surface area contributed by atoms with Gasteiger partial charge in [0.1, 0.15) is 5.82 Å². The molecular formula is C75H78N4OPtSi-2. The molecule has 0 amide bonds. The van der Waals surface area contributed by atoms with Crippen molar-refractivity contribution in [2.75, 3.05) is 0 Å². The quantitative estimate of drug-likeness (QED) is 0.0906. The zero-order valence-corrected chi connectivity index (χ0v) is 48.1. The zero-order valence-electron chi connectivity index (χ0n) is 82.8. The summed E-state index contributed by atoms with van der Waals surface area (Å²) in [7, 11) is -2.48. The first-order valence-corrected chi connectivity index (χ1v) is 29.5. The van der Waals surface area contributed by atoms with Crippen molar-refractivity contribution in [1.29, 1.82) is 0 Å². The molecule has 4 aliphatic rings. The second kappa shape index (κ2) is 19.6. The van der Waals surface area contributed by atoms with Crippen molar-refractivity contribution in [3.05, 3.63) is 191 Å². The molecule has 1 fully saturated rings. The van der Waals surface area contributed by atoms with E-state index >= 15 is 0 Å². The van der Waals surface area contributed by atoms with Crippen molar-refractivity contribution >= 4 is 46.1 Å². The van der Waals surface area contributed by atoms with Crippen LogP contribution >= 0.6 is 0 Å². The fraction of sp³-hybridized carbons (Fsp3) is 0.360. The zero-order chi connectivity index (χ0) is 88.4. The molecule has 7 heteroatoms. The molecule has 82 heavy (non-hydrogen) atoms. The summed E-state index contributed by atoms with van der Waals surface area (Å²) in [6.45, 7) is -30.2. The normalized spacial score (nSPS) is 28.8. The number of pyridine rings is 1. The molecule has 0 unspecified atom stereocenters. The largest absolute Gasteiger partial charge is 0.510 e. The number of nitrogens with zero attached hydrogens (tertiary/aromatic N) is 4. The molecule has 14 rings (SSSR count). The predicted molar refractivity (Wildman–Crippen MR) is 337 cm³/mol. The van der Waals surface area contributed by atoms with Crippen LogP contribution in [0, 0.1) is 18.5 Å². The van der Waals surface area contributed by atoms with Crippen LogP contribution in [0.4, 0.5) is 0 Å². The second-order valence-electron chi connectivity index (χ2n) is 22.9. The first-order valence-electron chi connectivity index (χ1n) is 45.9. The molecule has 1 saturated heterocycles. The van der Waals surface area contributed by atoms with E-state index < -0.39 is 196 Å². The van der Waals surface area contributed by atoms with E-state index in [9.17, 15) is 35.6 Å². The molecule has 420 valence electrons. The second-order valence-corrected chi connectivity index (χ2v) is 27.5. The van der Waals surface area contributed by atoms with Gasteiger partial charge in [-0.3, -0.25) is 4.57 Å². The van der Waals surface area contributed by atoms with E-state index in [2.05, 4.69) is 39.2 Å². The van der Waals surface area contributed by atoms with Crippen LogP contribution in [-0.4, -0.2) is 22.2 Å². The summed E-state index contributed by atoms with van der Waals surface area (Å²) in [5, 5.41) is 2.61. The molecule has 0 bridgehead atoms. The Morgan fingerprint density at radius 1 is 0.646 bits per heavy atom. The Kier molecular flexibility index (Phi) is 6.39. The third-order valence-electron chi connectivity index (χ3n) is 16.5. The van der Waals surface area contributed by atoms with Gasteiger partial charge >= 0.3 is 0 Å². The van der Waals surface area contributed by atoms with Crippen LogP contribution in [0.15, 0.2) is 140 Å². The molecule has 0 N–H and O–H groups in total. The van der Waals surface area contributed by atoms with Gasteiger partial charge in [-0.15, -0.1) is 29.7 Å². The van der Waals surface area contributed by atoms with Crippen molar-refractivity contribution in [2.24, 2.45) is 0 Å². The summed E-state index contributed by atoms with van der Waals surface area (Å²) in [4.78, 5) is 4.79. The Balaban J connectivity index is 0.0000124. The van der Waals surface area contributed by atoms with E-state index in [1.165, 1.54) is 4.57 Å². The number of fused-ring (bicyclic) bond motifs is 8. The molecule has 3 aromatic heterocycles. The Morgan fingerprint density at radius 3 is 1.93 bits per heavy atom. The number of aryl methyl sites for hydroxylation is 1. The number of benzene rings is 7. The van der Waals surface area contributed by atoms with Crippen LogP contribution in [0.5, 0.6) is 11.5 Å². The van der Waals surface area contributed by atoms with Crippen molar-refractivity contribution in [3.63, 3.8) is 0 Å². The van der Waals surface area contributed by atoms with Crippen LogP contribution in [0.2, 0.25) is 18.1 Å². The van der Waals surface area contributed by atoms with Crippen molar-refractivity contribution in [3.8, 4) is 50.9 Å². The van der Waals surface area contributed by atoms with Gasteiger partial charge in [-0.1, -0.05) is 208 Å². The Hall–Kier alpha value is -6.33. The molecule has 7 aromatic carbocycles. The summed E-state index contributed by atoms with van der Waals surface area (Å²) in [5.74, 6) is 0.750. The molecule has 2 aliphatic heterocycles. The molecule has 0 saturated carbocycles. The summed E-state index contributed by atoms with van der Waals surface area (Å²) in [5.41, 5.74) is -28.4. The minimum Gasteiger partial charge on any atom is -0.510 e. The maximum Gasteiger partial charge on any atom is 0.268 e. The molecule has 0 radical (unpaired) electrons. The molecule has 2 aliphatic carbocycles. The minimum absolute atomic E-state index is 0. The van der Waals surface area contributed by atoms with Crippen LogP contribution in [0.1, 0.15) is 206 Å². The smallest absolute Gasteiger partial charge is 0.268 e. The topological polar surface area (TPSA) is 35.9 Å². The van der Waals surface area contributed by atoms with Gasteiger partial charge in [-0.25, -0.2) is 4.98 Å². The number of aromatic nitrogens is 4. The third-order valence-corrected chi connectivity index (χ3v) is 22.1. The number of ether oxygens (including phenoxy) is 1. The van der Waals surface area contributed by atoms with E-state index in [1.54, 1.807) is 36.5 Å². The van der Waals surface area contributed by atoms with Gasteiger partial charge in [-0.05, 0) is 144 Å². The molecule has 0 atom stereocenters. The summed E-state index contributed by atoms with van der Waals surface area (Å²) >= 11 is 0. The average Bonchev–Trinajstić information content (AvgIpc) is 0.664. The van der Waals surface area contributed by atoms with Gasteiger partial charge in [0.15, 0.2) is 0 Å². The Bertz CT molecular complexity index is 5640. The fourth-order valence-corrected chi connectivity index (χ4v) is 18.1. The van der Waals surface area contributed by atoms with Crippen LogP contribution in [0.3, 0.4) is 0 Å². The number of hydrogen-bond acceptors (Lipinski definition) is 2. The third kappa shape index (κ3) is 9.02. The van der Waals surface area contributed by atoms with Gasteiger partial charge < -0.3 is 13.9 Å². The van der Waals surface area contributed by atoms with E-state index in [0.717, 1.165) is 86.3 Å². The Morgan fingerprint density at radius 2 is 1.27 bits per heavy atom. The van der Waals surface area contributed by atoms with E-state index in [1.807, 2.05) is 53.1 Å². The van der Waals surface area contributed by atoms with Gasteiger partial charge in [-0.2, -0.15) is 18.2 Å². The maximum atomic E-state index is 10.6. The summed E-state index contributed by atoms with van der Waals surface area (Å²) < 4.78 is 368. The van der Waals surface area contributed by atoms with E-state index in [4.69, 9.17) is 26.2 Å². The number of para-hydroxylation sites is 2. The molecule has 5 heterocycles. The fourth-order valence-electron chi connectivity index (χ4n) is 12.5.